The largest absolute Gasteiger partial charge is 0.449 e. The van der Waals surface area contributed by atoms with Crippen LogP contribution in [-0.4, -0.2) is 28.7 Å². The third-order valence-electron chi connectivity index (χ3n) is 5.37. The van der Waals surface area contributed by atoms with Crippen LogP contribution in [0.15, 0.2) is 41.2 Å². The van der Waals surface area contributed by atoms with Gasteiger partial charge < -0.3 is 19.9 Å². The number of aryl methyl sites for hydroxylation is 1. The van der Waals surface area contributed by atoms with Gasteiger partial charge in [0.15, 0.2) is 0 Å². The molecule has 34 heavy (non-hydrogen) atoms. The van der Waals surface area contributed by atoms with E-state index in [2.05, 4.69) is 26.8 Å². The van der Waals surface area contributed by atoms with Crippen molar-refractivity contribution >= 4 is 34.4 Å². The maximum absolute atomic E-state index is 12.4. The molecule has 0 saturated carbocycles. The summed E-state index contributed by atoms with van der Waals surface area (Å²) in [6.45, 7) is 2.29. The van der Waals surface area contributed by atoms with Crippen LogP contribution in [0.3, 0.4) is 0 Å². The summed E-state index contributed by atoms with van der Waals surface area (Å²) in [6, 6.07) is 7.62. The zero-order chi connectivity index (χ0) is 23.9. The Kier molecular flexibility index (Phi) is 7.34. The van der Waals surface area contributed by atoms with Gasteiger partial charge in [0.1, 0.15) is 22.5 Å². The number of nitrogens with zero attached hydrogens (tertiary/aromatic N) is 3. The van der Waals surface area contributed by atoms with Gasteiger partial charge in [0, 0.05) is 29.4 Å². The summed E-state index contributed by atoms with van der Waals surface area (Å²) in [4.78, 5) is 29.4. The number of thiophene rings is 1. The summed E-state index contributed by atoms with van der Waals surface area (Å²) in [6.07, 6.45) is 8.08. The molecule has 3 aromatic rings. The molecule has 1 aliphatic carbocycles. The number of alkyl carbamates (subject to hydrolysis) is 1. The molecule has 0 radical (unpaired) electrons. The van der Waals surface area contributed by atoms with E-state index < -0.39 is 6.09 Å². The molecule has 0 bridgehead atoms. The van der Waals surface area contributed by atoms with E-state index >= 15 is 0 Å². The predicted molar refractivity (Wildman–Crippen MR) is 126 cm³/mol. The Labute approximate surface area is 200 Å². The van der Waals surface area contributed by atoms with E-state index in [0.29, 0.717) is 34.9 Å². The second-order valence-corrected chi connectivity index (χ2v) is 9.02. The minimum atomic E-state index is -0.510. The SMILES string of the molecule is Cc1cc(CNC(=O)OC[C@H]2CCc3c(sc(NC(=O)/C=C/c4cccnc4)c3C#N)C2)no1. The third-order valence-corrected chi connectivity index (χ3v) is 6.54. The zero-order valence-electron chi connectivity index (χ0n) is 18.5. The van der Waals surface area contributed by atoms with E-state index in [1.807, 2.05) is 6.07 Å². The van der Waals surface area contributed by atoms with Gasteiger partial charge in [-0.15, -0.1) is 11.3 Å². The summed E-state index contributed by atoms with van der Waals surface area (Å²) in [5.74, 6) is 0.514. The molecule has 0 aliphatic heterocycles. The lowest BCUT2D eigenvalue weighted by Crippen LogP contribution is -2.27. The van der Waals surface area contributed by atoms with E-state index in [4.69, 9.17) is 9.26 Å². The average Bonchev–Trinajstić information content (AvgIpc) is 3.42. The van der Waals surface area contributed by atoms with E-state index in [-0.39, 0.29) is 25.0 Å². The monoisotopic (exact) mass is 477 g/mol. The number of pyridine rings is 1. The van der Waals surface area contributed by atoms with Crippen LogP contribution in [0, 0.1) is 24.2 Å². The number of amides is 2. The maximum Gasteiger partial charge on any atom is 0.407 e. The number of fused-ring (bicyclic) bond motifs is 1. The highest BCUT2D eigenvalue weighted by Crippen LogP contribution is 2.39. The second kappa shape index (κ2) is 10.8. The van der Waals surface area contributed by atoms with Crippen LogP contribution < -0.4 is 10.6 Å². The van der Waals surface area contributed by atoms with E-state index in [1.54, 1.807) is 37.5 Å². The van der Waals surface area contributed by atoms with Crippen molar-refractivity contribution < 1.29 is 18.8 Å². The minimum Gasteiger partial charge on any atom is -0.449 e. The van der Waals surface area contributed by atoms with Crippen molar-refractivity contribution in [3.8, 4) is 6.07 Å². The molecule has 1 aliphatic rings. The smallest absolute Gasteiger partial charge is 0.407 e. The number of carbonyl (C=O) groups excluding carboxylic acids is 2. The summed E-state index contributed by atoms with van der Waals surface area (Å²) in [5.41, 5.74) is 2.93. The Hall–Kier alpha value is -3.97. The minimum absolute atomic E-state index is 0.145. The molecule has 2 N–H and O–H groups in total. The van der Waals surface area contributed by atoms with Crippen LogP contribution in [0.4, 0.5) is 9.80 Å². The molecule has 0 spiro atoms. The fourth-order valence-corrected chi connectivity index (χ4v) is 5.03. The molecule has 3 aromatic heterocycles. The number of anilines is 1. The van der Waals surface area contributed by atoms with Crippen molar-refractivity contribution in [1.29, 1.82) is 5.26 Å². The van der Waals surface area contributed by atoms with E-state index in [0.717, 1.165) is 22.4 Å². The Balaban J connectivity index is 1.31. The van der Waals surface area contributed by atoms with Gasteiger partial charge in [-0.3, -0.25) is 9.78 Å². The third kappa shape index (κ3) is 5.88. The van der Waals surface area contributed by atoms with Gasteiger partial charge in [-0.2, -0.15) is 5.26 Å². The quantitative estimate of drug-likeness (QED) is 0.492. The van der Waals surface area contributed by atoms with Crippen molar-refractivity contribution in [2.24, 2.45) is 5.92 Å². The molecule has 3 heterocycles. The van der Waals surface area contributed by atoms with Crippen molar-refractivity contribution in [1.82, 2.24) is 15.5 Å². The fraction of sp³-hybridized carbons (Fsp3) is 0.292. The number of hydrogen-bond acceptors (Lipinski definition) is 8. The molecule has 0 aromatic carbocycles. The maximum atomic E-state index is 12.4. The highest BCUT2D eigenvalue weighted by Gasteiger charge is 2.27. The zero-order valence-corrected chi connectivity index (χ0v) is 19.4. The highest BCUT2D eigenvalue weighted by molar-refractivity contribution is 7.16. The number of rotatable bonds is 7. The Bertz CT molecular complexity index is 1240. The van der Waals surface area contributed by atoms with Crippen molar-refractivity contribution in [2.45, 2.75) is 32.7 Å². The van der Waals surface area contributed by atoms with Crippen molar-refractivity contribution in [3.63, 3.8) is 0 Å². The molecule has 2 amide bonds. The lowest BCUT2D eigenvalue weighted by Gasteiger charge is -2.21. The van der Waals surface area contributed by atoms with Crippen LogP contribution in [-0.2, 0) is 28.9 Å². The molecular formula is C24H23N5O4S. The Morgan fingerprint density at radius 1 is 1.44 bits per heavy atom. The van der Waals surface area contributed by atoms with Gasteiger partial charge in [0.05, 0.1) is 18.7 Å². The van der Waals surface area contributed by atoms with Crippen molar-refractivity contribution in [3.05, 3.63) is 69.7 Å². The van der Waals surface area contributed by atoms with Gasteiger partial charge in [-0.25, -0.2) is 4.79 Å². The van der Waals surface area contributed by atoms with Gasteiger partial charge in [0.25, 0.3) is 0 Å². The number of aromatic nitrogens is 2. The number of carbonyl (C=O) groups is 2. The lowest BCUT2D eigenvalue weighted by molar-refractivity contribution is -0.111. The van der Waals surface area contributed by atoms with Crippen LogP contribution in [0.25, 0.3) is 6.08 Å². The highest BCUT2D eigenvalue weighted by atomic mass is 32.1. The van der Waals surface area contributed by atoms with Crippen LogP contribution in [0.2, 0.25) is 0 Å². The van der Waals surface area contributed by atoms with Crippen LogP contribution in [0.5, 0.6) is 0 Å². The van der Waals surface area contributed by atoms with Gasteiger partial charge in [0.2, 0.25) is 5.91 Å². The number of nitriles is 1. The first-order valence-electron chi connectivity index (χ1n) is 10.8. The first-order chi connectivity index (χ1) is 16.5. The van der Waals surface area contributed by atoms with Crippen LogP contribution >= 0.6 is 11.3 Å². The second-order valence-electron chi connectivity index (χ2n) is 7.92. The Morgan fingerprint density at radius 2 is 2.32 bits per heavy atom. The molecule has 9 nitrogen and oxygen atoms in total. The van der Waals surface area contributed by atoms with E-state index in [1.165, 1.54) is 17.4 Å². The fourth-order valence-electron chi connectivity index (χ4n) is 3.71. The van der Waals surface area contributed by atoms with Crippen LogP contribution in [0.1, 0.15) is 39.4 Å². The average molecular weight is 478 g/mol. The van der Waals surface area contributed by atoms with Gasteiger partial charge in [-0.1, -0.05) is 11.2 Å². The predicted octanol–water partition coefficient (Wildman–Crippen LogP) is 3.99. The van der Waals surface area contributed by atoms with Crippen molar-refractivity contribution in [2.75, 3.05) is 11.9 Å². The molecule has 0 unspecified atom stereocenters. The number of nitrogens with one attached hydrogen (secondary N) is 2. The summed E-state index contributed by atoms with van der Waals surface area (Å²) < 4.78 is 10.3. The first-order valence-corrected chi connectivity index (χ1v) is 11.6. The van der Waals surface area contributed by atoms with Gasteiger partial charge in [-0.05, 0) is 55.4 Å². The molecule has 10 heteroatoms. The number of hydrogen-bond donors (Lipinski definition) is 2. The molecule has 1 atom stereocenters. The van der Waals surface area contributed by atoms with Gasteiger partial charge >= 0.3 is 6.09 Å². The molecule has 0 fully saturated rings. The Morgan fingerprint density at radius 3 is 3.06 bits per heavy atom. The standard InChI is InChI=1S/C24H23N5O4S/c1-15-9-18(29-33-15)13-27-24(31)32-14-17-4-6-19-20(11-25)23(34-21(19)10-17)28-22(30)7-5-16-3-2-8-26-12-16/h2-3,5,7-9,12,17H,4,6,10,13-14H2,1H3,(H,27,31)(H,28,30)/b7-5+/t17-/m0/s1. The summed E-state index contributed by atoms with van der Waals surface area (Å²) in [7, 11) is 0. The summed E-state index contributed by atoms with van der Waals surface area (Å²) >= 11 is 1.41. The molecular weight excluding hydrogens is 454 g/mol. The van der Waals surface area contributed by atoms with E-state index in [9.17, 15) is 14.9 Å². The lowest BCUT2D eigenvalue weighted by atomic mass is 9.88. The molecule has 174 valence electrons. The molecule has 0 saturated heterocycles. The normalized spacial score (nSPS) is 14.9. The topological polar surface area (TPSA) is 130 Å². The first kappa shape index (κ1) is 23.2. The number of ether oxygens (including phenoxy) is 1. The summed E-state index contributed by atoms with van der Waals surface area (Å²) in [5, 5.41) is 19.5. The molecule has 4 rings (SSSR count).